The van der Waals surface area contributed by atoms with Crippen molar-refractivity contribution in [2.24, 2.45) is 0 Å². The topological polar surface area (TPSA) is 86.8 Å². The highest BCUT2D eigenvalue weighted by atomic mass is 35.5. The summed E-state index contributed by atoms with van der Waals surface area (Å²) in [4.78, 5) is 27.9. The fourth-order valence-electron chi connectivity index (χ4n) is 4.00. The van der Waals surface area contributed by atoms with Gasteiger partial charge >= 0.3 is 6.18 Å². The molecule has 0 aromatic heterocycles. The fourth-order valence-corrected chi connectivity index (χ4v) is 6.03. The molecule has 0 fully saturated rings. The zero-order valence-corrected chi connectivity index (χ0v) is 26.4. The van der Waals surface area contributed by atoms with E-state index in [9.17, 15) is 31.2 Å². The molecule has 0 heterocycles. The largest absolute Gasteiger partial charge is 0.416 e. The van der Waals surface area contributed by atoms with Crippen LogP contribution in [0.5, 0.6) is 0 Å². The number of amides is 2. The molecule has 3 rings (SSSR count). The number of nitrogens with zero attached hydrogens (tertiary/aromatic N) is 2. The van der Waals surface area contributed by atoms with Gasteiger partial charge in [0.05, 0.1) is 31.2 Å². The maximum atomic E-state index is 14.0. The van der Waals surface area contributed by atoms with Crippen LogP contribution in [0.1, 0.15) is 38.3 Å². The molecule has 0 aliphatic heterocycles. The van der Waals surface area contributed by atoms with Gasteiger partial charge in [-0.25, -0.2) is 8.42 Å². The predicted octanol–water partition coefficient (Wildman–Crippen LogP) is 7.19. The van der Waals surface area contributed by atoms with E-state index in [1.165, 1.54) is 43.3 Å². The van der Waals surface area contributed by atoms with E-state index in [0.717, 1.165) is 11.0 Å². The predicted molar refractivity (Wildman–Crippen MR) is 162 cm³/mol. The second kappa shape index (κ2) is 14.2. The van der Waals surface area contributed by atoms with Gasteiger partial charge < -0.3 is 10.2 Å². The molecule has 0 bridgehead atoms. The van der Waals surface area contributed by atoms with E-state index in [2.05, 4.69) is 5.32 Å². The highest BCUT2D eigenvalue weighted by molar-refractivity contribution is 7.92. The van der Waals surface area contributed by atoms with Crippen LogP contribution >= 0.6 is 34.8 Å². The summed E-state index contributed by atoms with van der Waals surface area (Å²) in [6.45, 7) is 3.93. The first-order valence-corrected chi connectivity index (χ1v) is 15.6. The number of benzene rings is 3. The van der Waals surface area contributed by atoms with Gasteiger partial charge in [0, 0.05) is 12.6 Å². The van der Waals surface area contributed by atoms with Gasteiger partial charge in [0.2, 0.25) is 11.8 Å². The van der Waals surface area contributed by atoms with Crippen LogP contribution < -0.4 is 9.62 Å². The molecular formula is C29H29Cl3F3N3O4S. The summed E-state index contributed by atoms with van der Waals surface area (Å²) >= 11 is 18.4. The van der Waals surface area contributed by atoms with Gasteiger partial charge in [-0.1, -0.05) is 66.0 Å². The molecule has 3 aromatic carbocycles. The van der Waals surface area contributed by atoms with E-state index in [-0.39, 0.29) is 32.5 Å². The van der Waals surface area contributed by atoms with Gasteiger partial charge in [0.15, 0.2) is 0 Å². The van der Waals surface area contributed by atoms with E-state index in [1.807, 2.05) is 6.92 Å². The standard InChI is InChI=1S/C29H29Cl3F3N3O4S/c1-4-18(2)36-28(40)19(3)37(16-20-10-12-23(30)25(32)14-20)27(39)17-38(43(41,42)22-8-6-5-7-9-22)26-15-21(29(33,34)35)11-13-24(26)31/h5-15,18-19H,4,16-17H2,1-3H3,(H,36,40). The van der Waals surface area contributed by atoms with Crippen molar-refractivity contribution in [3.8, 4) is 0 Å². The smallest absolute Gasteiger partial charge is 0.352 e. The third-order valence-electron chi connectivity index (χ3n) is 6.66. The van der Waals surface area contributed by atoms with Crippen molar-refractivity contribution in [3.05, 3.63) is 92.9 Å². The molecule has 1 N–H and O–H groups in total. The lowest BCUT2D eigenvalue weighted by Crippen LogP contribution is -2.52. The second-order valence-corrected chi connectivity index (χ2v) is 12.8. The number of nitrogens with one attached hydrogen (secondary N) is 1. The molecule has 232 valence electrons. The molecule has 2 atom stereocenters. The van der Waals surface area contributed by atoms with Crippen LogP contribution in [0.4, 0.5) is 18.9 Å². The Labute approximate surface area is 263 Å². The fraction of sp³-hybridized carbons (Fsp3) is 0.310. The summed E-state index contributed by atoms with van der Waals surface area (Å²) in [6, 6.07) is 12.3. The van der Waals surface area contributed by atoms with E-state index in [4.69, 9.17) is 34.8 Å². The van der Waals surface area contributed by atoms with Crippen LogP contribution in [0, 0.1) is 0 Å². The third-order valence-corrected chi connectivity index (χ3v) is 9.49. The van der Waals surface area contributed by atoms with Crippen molar-refractivity contribution < 1.29 is 31.2 Å². The lowest BCUT2D eigenvalue weighted by molar-refractivity contribution is -0.139. The second-order valence-electron chi connectivity index (χ2n) is 9.75. The lowest BCUT2D eigenvalue weighted by Gasteiger charge is -2.33. The number of hydrogen-bond donors (Lipinski definition) is 1. The molecule has 14 heteroatoms. The van der Waals surface area contributed by atoms with Gasteiger partial charge in [0.1, 0.15) is 12.6 Å². The number of carbonyl (C=O) groups is 2. The minimum atomic E-state index is -4.83. The van der Waals surface area contributed by atoms with Crippen LogP contribution in [0.25, 0.3) is 0 Å². The molecule has 0 aliphatic rings. The van der Waals surface area contributed by atoms with E-state index < -0.39 is 51.9 Å². The Balaban J connectivity index is 2.13. The lowest BCUT2D eigenvalue weighted by atomic mass is 10.1. The van der Waals surface area contributed by atoms with E-state index in [0.29, 0.717) is 28.4 Å². The Morgan fingerprint density at radius 2 is 1.53 bits per heavy atom. The first-order valence-electron chi connectivity index (χ1n) is 13.0. The highest BCUT2D eigenvalue weighted by Gasteiger charge is 2.36. The highest BCUT2D eigenvalue weighted by Crippen LogP contribution is 2.37. The molecule has 0 saturated carbocycles. The molecule has 43 heavy (non-hydrogen) atoms. The maximum absolute atomic E-state index is 14.0. The Kier molecular flexibility index (Phi) is 11.4. The minimum absolute atomic E-state index is 0.187. The zero-order chi connectivity index (χ0) is 32.1. The van der Waals surface area contributed by atoms with Crippen LogP contribution in [0.2, 0.25) is 15.1 Å². The van der Waals surface area contributed by atoms with Gasteiger partial charge in [-0.05, 0) is 68.3 Å². The van der Waals surface area contributed by atoms with Crippen molar-refractivity contribution in [2.75, 3.05) is 10.8 Å². The van der Waals surface area contributed by atoms with Crippen LogP contribution in [0.3, 0.4) is 0 Å². The third kappa shape index (κ3) is 8.56. The van der Waals surface area contributed by atoms with Gasteiger partial charge in [-0.15, -0.1) is 0 Å². The quantitative estimate of drug-likeness (QED) is 0.233. The average molecular weight is 679 g/mol. The van der Waals surface area contributed by atoms with Crippen LogP contribution in [-0.2, 0) is 32.3 Å². The average Bonchev–Trinajstić information content (AvgIpc) is 2.96. The Morgan fingerprint density at radius 1 is 0.907 bits per heavy atom. The summed E-state index contributed by atoms with van der Waals surface area (Å²) in [5.74, 6) is -1.40. The van der Waals surface area contributed by atoms with Crippen molar-refractivity contribution in [3.63, 3.8) is 0 Å². The van der Waals surface area contributed by atoms with Crippen molar-refractivity contribution in [2.45, 2.75) is 56.9 Å². The SMILES string of the molecule is CCC(C)NC(=O)C(C)N(Cc1ccc(Cl)c(Cl)c1)C(=O)CN(c1cc(C(F)(F)F)ccc1Cl)S(=O)(=O)c1ccccc1. The first kappa shape index (κ1) is 34.5. The van der Waals surface area contributed by atoms with Crippen LogP contribution in [-0.4, -0.2) is 43.8 Å². The number of halogens is 6. The molecule has 0 aliphatic carbocycles. The summed E-state index contributed by atoms with van der Waals surface area (Å²) < 4.78 is 69.2. The van der Waals surface area contributed by atoms with Gasteiger partial charge in [0.25, 0.3) is 10.0 Å². The van der Waals surface area contributed by atoms with Crippen LogP contribution in [0.15, 0.2) is 71.6 Å². The Hall–Kier alpha value is -2.99. The van der Waals surface area contributed by atoms with Crippen molar-refractivity contribution in [1.29, 1.82) is 0 Å². The molecule has 2 amide bonds. The molecule has 0 saturated heterocycles. The number of alkyl halides is 3. The Morgan fingerprint density at radius 3 is 2.12 bits per heavy atom. The monoisotopic (exact) mass is 677 g/mol. The first-order chi connectivity index (χ1) is 20.1. The van der Waals surface area contributed by atoms with Gasteiger partial charge in [-0.3, -0.25) is 13.9 Å². The Bertz CT molecular complexity index is 1570. The molecule has 7 nitrogen and oxygen atoms in total. The number of anilines is 1. The summed E-state index contributed by atoms with van der Waals surface area (Å²) in [6.07, 6.45) is -4.22. The van der Waals surface area contributed by atoms with Gasteiger partial charge in [-0.2, -0.15) is 13.2 Å². The summed E-state index contributed by atoms with van der Waals surface area (Å²) in [5.41, 5.74) is -1.25. The normalized spacial score (nSPS) is 13.2. The minimum Gasteiger partial charge on any atom is -0.352 e. The number of rotatable bonds is 11. The zero-order valence-electron chi connectivity index (χ0n) is 23.3. The van der Waals surface area contributed by atoms with Crippen molar-refractivity contribution in [1.82, 2.24) is 10.2 Å². The molecule has 2 unspecified atom stereocenters. The molecular weight excluding hydrogens is 650 g/mol. The number of sulfonamides is 1. The summed E-state index contributed by atoms with van der Waals surface area (Å²) in [7, 11) is -4.63. The number of carbonyl (C=O) groups excluding carboxylic acids is 2. The molecule has 0 spiro atoms. The maximum Gasteiger partial charge on any atom is 0.416 e. The van der Waals surface area contributed by atoms with Crippen molar-refractivity contribution >= 4 is 62.3 Å². The number of hydrogen-bond acceptors (Lipinski definition) is 4. The molecule has 3 aromatic rings. The van der Waals surface area contributed by atoms with E-state index in [1.54, 1.807) is 19.1 Å². The van der Waals surface area contributed by atoms with E-state index >= 15 is 0 Å². The summed E-state index contributed by atoms with van der Waals surface area (Å²) in [5, 5.41) is 2.90. The molecule has 0 radical (unpaired) electrons.